The second-order valence-corrected chi connectivity index (χ2v) is 4.66. The Morgan fingerprint density at radius 3 is 2.39 bits per heavy atom. The van der Waals surface area contributed by atoms with Gasteiger partial charge in [-0.15, -0.1) is 0 Å². The highest BCUT2D eigenvalue weighted by Gasteiger charge is 2.02. The van der Waals surface area contributed by atoms with Crippen molar-refractivity contribution in [2.45, 2.75) is 58.5 Å². The summed E-state index contributed by atoms with van der Waals surface area (Å²) < 4.78 is 5.22. The molecule has 0 bridgehead atoms. The second kappa shape index (κ2) is 9.69. The van der Waals surface area contributed by atoms with Crippen molar-refractivity contribution < 1.29 is 9.53 Å². The minimum absolute atomic E-state index is 0.0747. The van der Waals surface area contributed by atoms with Gasteiger partial charge in [0.05, 0.1) is 0 Å². The molecule has 0 aliphatic rings. The van der Waals surface area contributed by atoms with Gasteiger partial charge in [-0.05, 0) is 12.0 Å². The van der Waals surface area contributed by atoms with Gasteiger partial charge in [-0.2, -0.15) is 0 Å². The third-order valence-corrected chi connectivity index (χ3v) is 2.98. The molecule has 0 spiro atoms. The first kappa shape index (κ1) is 14.7. The Morgan fingerprint density at radius 2 is 1.67 bits per heavy atom. The van der Waals surface area contributed by atoms with Crippen molar-refractivity contribution in [2.75, 3.05) is 0 Å². The highest BCUT2D eigenvalue weighted by molar-refractivity contribution is 5.69. The van der Waals surface area contributed by atoms with E-state index in [1.54, 1.807) is 0 Å². The van der Waals surface area contributed by atoms with Crippen molar-refractivity contribution in [1.29, 1.82) is 0 Å². The molecular weight excluding hydrogens is 224 g/mol. The fraction of sp³-hybridized carbons (Fsp3) is 0.562. The van der Waals surface area contributed by atoms with E-state index in [0.717, 1.165) is 18.4 Å². The van der Waals surface area contributed by atoms with Gasteiger partial charge in [0, 0.05) is 6.42 Å². The fourth-order valence-electron chi connectivity index (χ4n) is 1.86. The highest BCUT2D eigenvalue weighted by atomic mass is 16.5. The van der Waals surface area contributed by atoms with Crippen LogP contribution in [0.3, 0.4) is 0 Å². The maximum Gasteiger partial charge on any atom is 0.306 e. The molecular formula is C16H24O2. The van der Waals surface area contributed by atoms with Crippen LogP contribution in [0, 0.1) is 0 Å². The number of hydrogen-bond donors (Lipinski definition) is 0. The van der Waals surface area contributed by atoms with Crippen LogP contribution >= 0.6 is 0 Å². The molecule has 0 fully saturated rings. The average molecular weight is 248 g/mol. The maximum atomic E-state index is 11.5. The molecule has 0 unspecified atom stereocenters. The predicted octanol–water partition coefficient (Wildman–Crippen LogP) is 4.48. The van der Waals surface area contributed by atoms with Gasteiger partial charge in [0.2, 0.25) is 0 Å². The lowest BCUT2D eigenvalue weighted by Gasteiger charge is -2.04. The van der Waals surface area contributed by atoms with E-state index in [9.17, 15) is 4.79 Å². The van der Waals surface area contributed by atoms with Crippen LogP contribution in [0.5, 0.6) is 0 Å². The van der Waals surface area contributed by atoms with Crippen LogP contribution in [0.15, 0.2) is 30.3 Å². The Labute approximate surface area is 110 Å². The molecule has 1 aromatic carbocycles. The molecule has 0 aliphatic carbocycles. The number of carbonyl (C=O) groups excluding carboxylic acids is 1. The maximum absolute atomic E-state index is 11.5. The monoisotopic (exact) mass is 248 g/mol. The molecule has 1 rings (SSSR count). The first-order valence-corrected chi connectivity index (χ1v) is 7.02. The first-order chi connectivity index (χ1) is 8.83. The van der Waals surface area contributed by atoms with Gasteiger partial charge < -0.3 is 4.74 Å². The molecule has 0 heterocycles. The summed E-state index contributed by atoms with van der Waals surface area (Å²) in [5.41, 5.74) is 1.05. The van der Waals surface area contributed by atoms with Crippen molar-refractivity contribution in [3.05, 3.63) is 35.9 Å². The molecule has 18 heavy (non-hydrogen) atoms. The smallest absolute Gasteiger partial charge is 0.306 e. The molecule has 0 saturated carbocycles. The van der Waals surface area contributed by atoms with Crippen LogP contribution in [0.1, 0.15) is 57.4 Å². The minimum Gasteiger partial charge on any atom is -0.461 e. The Balaban J connectivity index is 2.01. The summed E-state index contributed by atoms with van der Waals surface area (Å²) >= 11 is 0. The zero-order chi connectivity index (χ0) is 13.1. The molecule has 0 radical (unpaired) electrons. The van der Waals surface area contributed by atoms with E-state index in [1.807, 2.05) is 30.3 Å². The molecule has 0 aromatic heterocycles. The normalized spacial score (nSPS) is 10.3. The summed E-state index contributed by atoms with van der Waals surface area (Å²) in [4.78, 5) is 11.5. The SMILES string of the molecule is CCCCCCCCC(=O)OCc1ccccc1. The molecule has 0 amide bonds. The molecule has 0 atom stereocenters. The third-order valence-electron chi connectivity index (χ3n) is 2.98. The summed E-state index contributed by atoms with van der Waals surface area (Å²) in [5.74, 6) is -0.0747. The molecule has 0 N–H and O–H groups in total. The second-order valence-electron chi connectivity index (χ2n) is 4.66. The van der Waals surface area contributed by atoms with Crippen LogP contribution in [-0.4, -0.2) is 5.97 Å². The number of esters is 1. The third kappa shape index (κ3) is 7.10. The summed E-state index contributed by atoms with van der Waals surface area (Å²) in [6, 6.07) is 9.81. The lowest BCUT2D eigenvalue weighted by atomic mass is 10.1. The van der Waals surface area contributed by atoms with Crippen molar-refractivity contribution in [3.63, 3.8) is 0 Å². The van der Waals surface area contributed by atoms with E-state index in [2.05, 4.69) is 6.92 Å². The van der Waals surface area contributed by atoms with Crippen LogP contribution in [0.2, 0.25) is 0 Å². The van der Waals surface area contributed by atoms with Crippen molar-refractivity contribution in [1.82, 2.24) is 0 Å². The van der Waals surface area contributed by atoms with E-state index in [1.165, 1.54) is 25.7 Å². The summed E-state index contributed by atoms with van der Waals surface area (Å²) in [6.07, 6.45) is 7.74. The molecule has 2 nitrogen and oxygen atoms in total. The fourth-order valence-corrected chi connectivity index (χ4v) is 1.86. The van der Waals surface area contributed by atoms with E-state index in [0.29, 0.717) is 13.0 Å². The van der Waals surface area contributed by atoms with Gasteiger partial charge in [-0.1, -0.05) is 69.4 Å². The summed E-state index contributed by atoms with van der Waals surface area (Å²) in [5, 5.41) is 0. The molecule has 2 heteroatoms. The van der Waals surface area contributed by atoms with Crippen molar-refractivity contribution in [2.24, 2.45) is 0 Å². The topological polar surface area (TPSA) is 26.3 Å². The Kier molecular flexibility index (Phi) is 7.94. The minimum atomic E-state index is -0.0747. The zero-order valence-corrected chi connectivity index (χ0v) is 11.4. The van der Waals surface area contributed by atoms with Crippen LogP contribution in [0.4, 0.5) is 0 Å². The first-order valence-electron chi connectivity index (χ1n) is 7.02. The van der Waals surface area contributed by atoms with Gasteiger partial charge >= 0.3 is 5.97 Å². The van der Waals surface area contributed by atoms with Crippen molar-refractivity contribution >= 4 is 5.97 Å². The summed E-state index contributed by atoms with van der Waals surface area (Å²) in [7, 11) is 0. The standard InChI is InChI=1S/C16H24O2/c1-2-3-4-5-6-10-13-16(17)18-14-15-11-8-7-9-12-15/h7-9,11-12H,2-6,10,13-14H2,1H3. The molecule has 0 saturated heterocycles. The van der Waals surface area contributed by atoms with E-state index in [-0.39, 0.29) is 5.97 Å². The van der Waals surface area contributed by atoms with Crippen LogP contribution < -0.4 is 0 Å². The Morgan fingerprint density at radius 1 is 1.00 bits per heavy atom. The summed E-state index contributed by atoms with van der Waals surface area (Å²) in [6.45, 7) is 2.61. The van der Waals surface area contributed by atoms with Gasteiger partial charge in [0.15, 0.2) is 0 Å². The Bertz CT molecular complexity index is 319. The number of hydrogen-bond acceptors (Lipinski definition) is 2. The zero-order valence-electron chi connectivity index (χ0n) is 11.4. The predicted molar refractivity (Wildman–Crippen MR) is 74.2 cm³/mol. The average Bonchev–Trinajstić information content (AvgIpc) is 2.41. The van der Waals surface area contributed by atoms with Crippen LogP contribution in [-0.2, 0) is 16.1 Å². The van der Waals surface area contributed by atoms with Crippen LogP contribution in [0.25, 0.3) is 0 Å². The number of carbonyl (C=O) groups is 1. The highest BCUT2D eigenvalue weighted by Crippen LogP contribution is 2.08. The van der Waals surface area contributed by atoms with Gasteiger partial charge in [0.25, 0.3) is 0 Å². The lowest BCUT2D eigenvalue weighted by Crippen LogP contribution is -2.04. The number of ether oxygens (including phenoxy) is 1. The number of unbranched alkanes of at least 4 members (excludes halogenated alkanes) is 5. The molecule has 100 valence electrons. The molecule has 1 aromatic rings. The van der Waals surface area contributed by atoms with Gasteiger partial charge in [-0.25, -0.2) is 0 Å². The molecule has 0 aliphatic heterocycles. The van der Waals surface area contributed by atoms with E-state index >= 15 is 0 Å². The van der Waals surface area contributed by atoms with E-state index < -0.39 is 0 Å². The quantitative estimate of drug-likeness (QED) is 0.475. The largest absolute Gasteiger partial charge is 0.461 e. The van der Waals surface area contributed by atoms with E-state index in [4.69, 9.17) is 4.74 Å². The van der Waals surface area contributed by atoms with Crippen molar-refractivity contribution in [3.8, 4) is 0 Å². The van der Waals surface area contributed by atoms with Gasteiger partial charge in [0.1, 0.15) is 6.61 Å². The lowest BCUT2D eigenvalue weighted by molar-refractivity contribution is -0.145. The Hall–Kier alpha value is -1.31. The van der Waals surface area contributed by atoms with Gasteiger partial charge in [-0.3, -0.25) is 4.79 Å². The number of benzene rings is 1. The number of rotatable bonds is 9.